The van der Waals surface area contributed by atoms with Gasteiger partial charge in [-0.05, 0) is 50.2 Å². The number of hydrogen-bond acceptors (Lipinski definition) is 5. The van der Waals surface area contributed by atoms with Crippen LogP contribution in [-0.4, -0.2) is 22.7 Å². The van der Waals surface area contributed by atoms with Crippen molar-refractivity contribution in [3.05, 3.63) is 59.7 Å². The number of rotatable bonds is 5. The number of anilines is 1. The fourth-order valence-corrected chi connectivity index (χ4v) is 2.25. The summed E-state index contributed by atoms with van der Waals surface area (Å²) in [4.78, 5) is 16.5. The summed E-state index contributed by atoms with van der Waals surface area (Å²) in [6.45, 7) is 3.88. The molecule has 3 rings (SSSR count). The molecule has 6 nitrogen and oxygen atoms in total. The van der Waals surface area contributed by atoms with Gasteiger partial charge in [-0.15, -0.1) is 0 Å². The van der Waals surface area contributed by atoms with Crippen LogP contribution in [0.15, 0.2) is 47.0 Å². The average molecular weight is 341 g/mol. The first-order valence-electron chi connectivity index (χ1n) is 7.71. The minimum Gasteiger partial charge on any atom is -0.492 e. The van der Waals surface area contributed by atoms with E-state index >= 15 is 0 Å². The van der Waals surface area contributed by atoms with Crippen LogP contribution in [-0.2, 0) is 0 Å². The van der Waals surface area contributed by atoms with E-state index in [-0.39, 0.29) is 11.7 Å². The van der Waals surface area contributed by atoms with E-state index in [0.29, 0.717) is 35.1 Å². The van der Waals surface area contributed by atoms with Gasteiger partial charge in [0.1, 0.15) is 11.6 Å². The third kappa shape index (κ3) is 3.82. The number of ether oxygens (including phenoxy) is 1. The van der Waals surface area contributed by atoms with Gasteiger partial charge in [0.2, 0.25) is 0 Å². The molecule has 0 unspecified atom stereocenters. The van der Waals surface area contributed by atoms with E-state index in [1.54, 1.807) is 38.1 Å². The van der Waals surface area contributed by atoms with E-state index in [9.17, 15) is 9.18 Å². The van der Waals surface area contributed by atoms with Crippen molar-refractivity contribution in [3.8, 4) is 17.2 Å². The van der Waals surface area contributed by atoms with Crippen LogP contribution >= 0.6 is 0 Å². The SMILES string of the molecule is CCOc1cc(F)ccc1NC(=O)c1ccc(-c2nc(C)no2)cc1. The molecule has 0 saturated heterocycles. The standard InChI is InChI=1S/C18H16FN3O3/c1-3-24-16-10-14(19)8-9-15(16)21-17(23)12-4-6-13(7-5-12)18-20-11(2)22-25-18/h4-10H,3H2,1-2H3,(H,21,23). The molecule has 0 aliphatic carbocycles. The van der Waals surface area contributed by atoms with Crippen LogP contribution in [0.3, 0.4) is 0 Å². The quantitative estimate of drug-likeness (QED) is 0.763. The van der Waals surface area contributed by atoms with Crippen molar-refractivity contribution in [2.75, 3.05) is 11.9 Å². The van der Waals surface area contributed by atoms with Gasteiger partial charge in [-0.25, -0.2) is 4.39 Å². The van der Waals surface area contributed by atoms with Crippen LogP contribution in [0.5, 0.6) is 5.75 Å². The van der Waals surface area contributed by atoms with E-state index in [1.165, 1.54) is 18.2 Å². The van der Waals surface area contributed by atoms with Crippen molar-refractivity contribution in [3.63, 3.8) is 0 Å². The second-order valence-corrected chi connectivity index (χ2v) is 5.25. The lowest BCUT2D eigenvalue weighted by Crippen LogP contribution is -2.13. The molecule has 0 fully saturated rings. The zero-order chi connectivity index (χ0) is 17.8. The summed E-state index contributed by atoms with van der Waals surface area (Å²) >= 11 is 0. The molecule has 1 N–H and O–H groups in total. The highest BCUT2D eigenvalue weighted by Crippen LogP contribution is 2.26. The maximum atomic E-state index is 13.3. The highest BCUT2D eigenvalue weighted by Gasteiger charge is 2.12. The molecule has 1 amide bonds. The molecule has 0 spiro atoms. The smallest absolute Gasteiger partial charge is 0.257 e. The lowest BCUT2D eigenvalue weighted by Gasteiger charge is -2.11. The maximum absolute atomic E-state index is 13.3. The molecule has 128 valence electrons. The normalized spacial score (nSPS) is 10.5. The van der Waals surface area contributed by atoms with E-state index in [4.69, 9.17) is 9.26 Å². The Morgan fingerprint density at radius 3 is 2.64 bits per heavy atom. The summed E-state index contributed by atoms with van der Waals surface area (Å²) in [5.41, 5.74) is 1.56. The van der Waals surface area contributed by atoms with Crippen molar-refractivity contribution in [2.24, 2.45) is 0 Å². The summed E-state index contributed by atoms with van der Waals surface area (Å²) < 4.78 is 23.8. The number of aromatic nitrogens is 2. The molecule has 0 atom stereocenters. The van der Waals surface area contributed by atoms with Crippen LogP contribution in [0.25, 0.3) is 11.5 Å². The number of halogens is 1. The summed E-state index contributed by atoms with van der Waals surface area (Å²) in [7, 11) is 0. The molecule has 0 radical (unpaired) electrons. The fraction of sp³-hybridized carbons (Fsp3) is 0.167. The number of carbonyl (C=O) groups excluding carboxylic acids is 1. The second kappa shape index (κ2) is 7.12. The van der Waals surface area contributed by atoms with E-state index < -0.39 is 5.82 Å². The minimum atomic E-state index is -0.430. The van der Waals surface area contributed by atoms with Gasteiger partial charge in [0.05, 0.1) is 12.3 Å². The molecular formula is C18H16FN3O3. The lowest BCUT2D eigenvalue weighted by molar-refractivity contribution is 0.102. The van der Waals surface area contributed by atoms with Gasteiger partial charge in [0, 0.05) is 17.2 Å². The number of nitrogens with one attached hydrogen (secondary N) is 1. The molecule has 0 bridgehead atoms. The predicted molar refractivity (Wildman–Crippen MR) is 90.0 cm³/mol. The molecule has 0 saturated carbocycles. The minimum absolute atomic E-state index is 0.286. The van der Waals surface area contributed by atoms with E-state index in [2.05, 4.69) is 15.5 Å². The highest BCUT2D eigenvalue weighted by molar-refractivity contribution is 6.05. The first-order chi connectivity index (χ1) is 12.1. The molecule has 3 aromatic rings. The predicted octanol–water partition coefficient (Wildman–Crippen LogP) is 3.84. The van der Waals surface area contributed by atoms with Gasteiger partial charge in [0.15, 0.2) is 5.82 Å². The van der Waals surface area contributed by atoms with Crippen LogP contribution < -0.4 is 10.1 Å². The van der Waals surface area contributed by atoms with Gasteiger partial charge < -0.3 is 14.6 Å². The highest BCUT2D eigenvalue weighted by atomic mass is 19.1. The summed E-state index contributed by atoms with van der Waals surface area (Å²) in [6.07, 6.45) is 0. The fourth-order valence-electron chi connectivity index (χ4n) is 2.25. The summed E-state index contributed by atoms with van der Waals surface area (Å²) in [5.74, 6) is 0.452. The van der Waals surface area contributed by atoms with Crippen molar-refractivity contribution in [1.29, 1.82) is 0 Å². The number of benzene rings is 2. The summed E-state index contributed by atoms with van der Waals surface area (Å²) in [6, 6.07) is 10.7. The molecule has 1 heterocycles. The lowest BCUT2D eigenvalue weighted by atomic mass is 10.1. The Labute approximate surface area is 143 Å². The first-order valence-corrected chi connectivity index (χ1v) is 7.71. The van der Waals surface area contributed by atoms with Gasteiger partial charge in [-0.3, -0.25) is 4.79 Å². The molecule has 1 aromatic heterocycles. The second-order valence-electron chi connectivity index (χ2n) is 5.25. The summed E-state index contributed by atoms with van der Waals surface area (Å²) in [5, 5.41) is 6.45. The third-order valence-electron chi connectivity index (χ3n) is 3.41. The zero-order valence-corrected chi connectivity index (χ0v) is 13.7. The van der Waals surface area contributed by atoms with Crippen LogP contribution in [0.2, 0.25) is 0 Å². The number of aryl methyl sites for hydroxylation is 1. The Hall–Kier alpha value is -3.22. The Balaban J connectivity index is 1.77. The van der Waals surface area contributed by atoms with Gasteiger partial charge in [-0.1, -0.05) is 5.16 Å². The Bertz CT molecular complexity index is 891. The zero-order valence-electron chi connectivity index (χ0n) is 13.7. The molecule has 25 heavy (non-hydrogen) atoms. The molecule has 0 aliphatic heterocycles. The average Bonchev–Trinajstić information content (AvgIpc) is 3.04. The number of nitrogens with zero attached hydrogens (tertiary/aromatic N) is 2. The monoisotopic (exact) mass is 341 g/mol. The Morgan fingerprint density at radius 1 is 1.24 bits per heavy atom. The number of carbonyl (C=O) groups is 1. The maximum Gasteiger partial charge on any atom is 0.257 e. The molecule has 2 aromatic carbocycles. The Kier molecular flexibility index (Phi) is 4.74. The molecule has 7 heteroatoms. The van der Waals surface area contributed by atoms with Gasteiger partial charge >= 0.3 is 0 Å². The van der Waals surface area contributed by atoms with Gasteiger partial charge in [0.25, 0.3) is 11.8 Å². The van der Waals surface area contributed by atoms with Crippen molar-refractivity contribution < 1.29 is 18.4 Å². The van der Waals surface area contributed by atoms with E-state index in [1.807, 2.05) is 0 Å². The van der Waals surface area contributed by atoms with E-state index in [0.717, 1.165) is 0 Å². The number of amides is 1. The molecular weight excluding hydrogens is 325 g/mol. The van der Waals surface area contributed by atoms with Crippen molar-refractivity contribution >= 4 is 11.6 Å². The first kappa shape index (κ1) is 16.6. The van der Waals surface area contributed by atoms with Crippen LogP contribution in [0.4, 0.5) is 10.1 Å². The van der Waals surface area contributed by atoms with Crippen molar-refractivity contribution in [2.45, 2.75) is 13.8 Å². The van der Waals surface area contributed by atoms with Crippen LogP contribution in [0.1, 0.15) is 23.1 Å². The number of hydrogen-bond donors (Lipinski definition) is 1. The molecule has 0 aliphatic rings. The van der Waals surface area contributed by atoms with Gasteiger partial charge in [-0.2, -0.15) is 4.98 Å². The topological polar surface area (TPSA) is 77.2 Å². The third-order valence-corrected chi connectivity index (χ3v) is 3.41. The van der Waals surface area contributed by atoms with Crippen molar-refractivity contribution in [1.82, 2.24) is 10.1 Å². The largest absolute Gasteiger partial charge is 0.492 e. The Morgan fingerprint density at radius 2 is 2.00 bits per heavy atom. The van der Waals surface area contributed by atoms with Crippen LogP contribution in [0, 0.1) is 12.7 Å².